The normalized spacial score (nSPS) is 10.7. The third-order valence-electron chi connectivity index (χ3n) is 4.53. The SMILES string of the molecule is NC(N)=NC(=O)c1nc(Cl)c(NCCN(Cc2ccccc2)Cc2ccccc2)nc1N. The summed E-state index contributed by atoms with van der Waals surface area (Å²) >= 11 is 6.19. The number of hydrogen-bond acceptors (Lipinski definition) is 6. The first kappa shape index (κ1) is 23.0. The molecule has 9 nitrogen and oxygen atoms in total. The zero-order chi connectivity index (χ0) is 22.9. The van der Waals surface area contributed by atoms with E-state index in [0.717, 1.165) is 13.1 Å². The number of rotatable bonds is 9. The van der Waals surface area contributed by atoms with E-state index in [1.54, 1.807) is 0 Å². The quantitative estimate of drug-likeness (QED) is 0.285. The van der Waals surface area contributed by atoms with E-state index in [9.17, 15) is 4.79 Å². The number of nitrogens with one attached hydrogen (secondary N) is 1. The molecule has 2 aromatic carbocycles. The Bertz CT molecular complexity index is 1030. The van der Waals surface area contributed by atoms with Crippen molar-refractivity contribution in [1.82, 2.24) is 14.9 Å². The van der Waals surface area contributed by atoms with Gasteiger partial charge < -0.3 is 22.5 Å². The van der Waals surface area contributed by atoms with Crippen LogP contribution in [0.15, 0.2) is 65.7 Å². The van der Waals surface area contributed by atoms with Crippen LogP contribution in [-0.2, 0) is 13.1 Å². The molecule has 0 bridgehead atoms. The van der Waals surface area contributed by atoms with E-state index in [1.165, 1.54) is 11.1 Å². The molecule has 0 unspecified atom stereocenters. The maximum Gasteiger partial charge on any atom is 0.302 e. The maximum atomic E-state index is 12.0. The molecule has 1 aromatic heterocycles. The molecule has 0 aliphatic heterocycles. The fourth-order valence-electron chi connectivity index (χ4n) is 3.10. The van der Waals surface area contributed by atoms with Crippen molar-refractivity contribution in [3.05, 3.63) is 82.6 Å². The molecule has 0 saturated carbocycles. The fraction of sp³-hybridized carbons (Fsp3) is 0.182. The minimum atomic E-state index is -0.805. The highest BCUT2D eigenvalue weighted by molar-refractivity contribution is 6.32. The lowest BCUT2D eigenvalue weighted by Gasteiger charge is -2.23. The molecule has 0 fully saturated rings. The monoisotopic (exact) mass is 452 g/mol. The number of amides is 1. The van der Waals surface area contributed by atoms with Gasteiger partial charge in [-0.25, -0.2) is 9.97 Å². The second kappa shape index (κ2) is 11.1. The Kier molecular flexibility index (Phi) is 7.96. The number of nitrogens with zero attached hydrogens (tertiary/aromatic N) is 4. The average Bonchev–Trinajstić information content (AvgIpc) is 2.76. The van der Waals surface area contributed by atoms with Crippen LogP contribution in [0.4, 0.5) is 11.6 Å². The molecule has 0 aliphatic rings. The van der Waals surface area contributed by atoms with E-state index < -0.39 is 11.9 Å². The Morgan fingerprint density at radius 3 is 2.06 bits per heavy atom. The number of aromatic nitrogens is 2. The smallest absolute Gasteiger partial charge is 0.302 e. The highest BCUT2D eigenvalue weighted by Crippen LogP contribution is 2.21. The van der Waals surface area contributed by atoms with Gasteiger partial charge in [0.15, 0.2) is 28.4 Å². The summed E-state index contributed by atoms with van der Waals surface area (Å²) in [6, 6.07) is 20.5. The molecular weight excluding hydrogens is 428 g/mol. The fourth-order valence-corrected chi connectivity index (χ4v) is 3.29. The van der Waals surface area contributed by atoms with Crippen molar-refractivity contribution >= 4 is 35.1 Å². The van der Waals surface area contributed by atoms with Crippen LogP contribution >= 0.6 is 11.6 Å². The van der Waals surface area contributed by atoms with Crippen molar-refractivity contribution in [2.24, 2.45) is 16.5 Å². The summed E-state index contributed by atoms with van der Waals surface area (Å²) in [5.74, 6) is -1.03. The highest BCUT2D eigenvalue weighted by atomic mass is 35.5. The van der Waals surface area contributed by atoms with Gasteiger partial charge in [-0.2, -0.15) is 4.99 Å². The van der Waals surface area contributed by atoms with Crippen molar-refractivity contribution in [2.75, 3.05) is 24.1 Å². The summed E-state index contributed by atoms with van der Waals surface area (Å²) in [5, 5.41) is 3.14. The predicted octanol–water partition coefficient (Wildman–Crippen LogP) is 2.24. The summed E-state index contributed by atoms with van der Waals surface area (Å²) in [5.41, 5.74) is 18.5. The van der Waals surface area contributed by atoms with Crippen LogP contribution in [0.5, 0.6) is 0 Å². The summed E-state index contributed by atoms with van der Waals surface area (Å²) in [6.07, 6.45) is 0. The summed E-state index contributed by atoms with van der Waals surface area (Å²) in [4.78, 5) is 25.8. The minimum absolute atomic E-state index is 0.00557. The first-order valence-corrected chi connectivity index (χ1v) is 10.3. The van der Waals surface area contributed by atoms with E-state index >= 15 is 0 Å². The van der Waals surface area contributed by atoms with E-state index in [-0.39, 0.29) is 22.5 Å². The van der Waals surface area contributed by atoms with Gasteiger partial charge in [-0.05, 0) is 11.1 Å². The Morgan fingerprint density at radius 1 is 0.969 bits per heavy atom. The number of carbonyl (C=O) groups excluding carboxylic acids is 1. The Labute approximate surface area is 191 Å². The van der Waals surface area contributed by atoms with Crippen LogP contribution in [0, 0.1) is 0 Å². The third kappa shape index (κ3) is 6.66. The largest absolute Gasteiger partial charge is 0.382 e. The number of aliphatic imine (C=N–C) groups is 1. The molecule has 166 valence electrons. The van der Waals surface area contributed by atoms with Crippen LogP contribution in [0.25, 0.3) is 0 Å². The minimum Gasteiger partial charge on any atom is -0.382 e. The van der Waals surface area contributed by atoms with Crippen LogP contribution in [0.1, 0.15) is 21.6 Å². The number of guanidine groups is 1. The summed E-state index contributed by atoms with van der Waals surface area (Å²) in [6.45, 7) is 2.81. The molecule has 3 aromatic rings. The lowest BCUT2D eigenvalue weighted by Crippen LogP contribution is -2.29. The van der Waals surface area contributed by atoms with Crippen molar-refractivity contribution in [2.45, 2.75) is 13.1 Å². The highest BCUT2D eigenvalue weighted by Gasteiger charge is 2.17. The van der Waals surface area contributed by atoms with E-state index in [2.05, 4.69) is 49.4 Å². The van der Waals surface area contributed by atoms with Crippen molar-refractivity contribution < 1.29 is 4.79 Å². The van der Waals surface area contributed by atoms with Gasteiger partial charge in [-0.15, -0.1) is 0 Å². The van der Waals surface area contributed by atoms with E-state index in [0.29, 0.717) is 13.1 Å². The second-order valence-corrected chi connectivity index (χ2v) is 7.41. The zero-order valence-electron chi connectivity index (χ0n) is 17.4. The lowest BCUT2D eigenvalue weighted by atomic mass is 10.1. The first-order valence-electron chi connectivity index (χ1n) is 9.93. The zero-order valence-corrected chi connectivity index (χ0v) is 18.2. The molecule has 7 N–H and O–H groups in total. The Morgan fingerprint density at radius 2 is 1.53 bits per heavy atom. The van der Waals surface area contributed by atoms with Gasteiger partial charge in [0.1, 0.15) is 0 Å². The van der Waals surface area contributed by atoms with Gasteiger partial charge in [0.25, 0.3) is 0 Å². The van der Waals surface area contributed by atoms with E-state index in [1.807, 2.05) is 36.4 Å². The van der Waals surface area contributed by atoms with Gasteiger partial charge in [-0.1, -0.05) is 72.3 Å². The van der Waals surface area contributed by atoms with Crippen LogP contribution < -0.4 is 22.5 Å². The number of hydrogen-bond donors (Lipinski definition) is 4. The Hall–Kier alpha value is -3.69. The number of carbonyl (C=O) groups is 1. The molecule has 1 amide bonds. The number of nitrogen functional groups attached to an aromatic ring is 1. The molecule has 0 atom stereocenters. The van der Waals surface area contributed by atoms with Crippen LogP contribution in [0.2, 0.25) is 5.15 Å². The molecular formula is C22H25ClN8O. The van der Waals surface area contributed by atoms with Gasteiger partial charge in [0.05, 0.1) is 0 Å². The van der Waals surface area contributed by atoms with Gasteiger partial charge in [0, 0.05) is 26.2 Å². The third-order valence-corrected chi connectivity index (χ3v) is 4.80. The molecule has 1 heterocycles. The number of nitrogens with two attached hydrogens (primary N) is 3. The second-order valence-electron chi connectivity index (χ2n) is 7.05. The number of anilines is 2. The molecule has 10 heteroatoms. The van der Waals surface area contributed by atoms with Crippen molar-refractivity contribution in [3.63, 3.8) is 0 Å². The molecule has 32 heavy (non-hydrogen) atoms. The van der Waals surface area contributed by atoms with Gasteiger partial charge in [0.2, 0.25) is 0 Å². The summed E-state index contributed by atoms with van der Waals surface area (Å²) in [7, 11) is 0. The van der Waals surface area contributed by atoms with Crippen molar-refractivity contribution in [1.29, 1.82) is 0 Å². The maximum absolute atomic E-state index is 12.0. The average molecular weight is 453 g/mol. The van der Waals surface area contributed by atoms with Gasteiger partial charge >= 0.3 is 5.91 Å². The topological polar surface area (TPSA) is 149 Å². The van der Waals surface area contributed by atoms with E-state index in [4.69, 9.17) is 28.8 Å². The molecule has 0 spiro atoms. The number of benzene rings is 2. The first-order chi connectivity index (χ1) is 15.4. The summed E-state index contributed by atoms with van der Waals surface area (Å²) < 4.78 is 0. The van der Waals surface area contributed by atoms with Crippen LogP contribution in [0.3, 0.4) is 0 Å². The van der Waals surface area contributed by atoms with Gasteiger partial charge in [-0.3, -0.25) is 9.69 Å². The number of halogens is 1. The standard InChI is InChI=1S/C22H25ClN8O/c23-18-20(29-19(24)17(28-18)21(32)30-22(25)26)27-11-12-31(13-15-7-3-1-4-8-15)14-16-9-5-2-6-10-16/h1-10H,11-14H2,(H3,24,27,29)(H4,25,26,30,32). The molecule has 0 aliphatic carbocycles. The lowest BCUT2D eigenvalue weighted by molar-refractivity contribution is 0.0998. The molecule has 0 radical (unpaired) electrons. The van der Waals surface area contributed by atoms with Crippen LogP contribution in [-0.4, -0.2) is 39.8 Å². The molecule has 3 rings (SSSR count). The van der Waals surface area contributed by atoms with Crippen molar-refractivity contribution in [3.8, 4) is 0 Å². The predicted molar refractivity (Wildman–Crippen MR) is 127 cm³/mol. The Balaban J connectivity index is 1.67. The molecule has 0 saturated heterocycles.